The number of piperazine rings is 1. The maximum Gasteiger partial charge on any atom is 0.227 e. The van der Waals surface area contributed by atoms with Crippen LogP contribution in [0.5, 0.6) is 5.75 Å². The van der Waals surface area contributed by atoms with Crippen LogP contribution in [-0.2, 0) is 11.2 Å². The van der Waals surface area contributed by atoms with E-state index in [4.69, 9.17) is 4.74 Å². The summed E-state index contributed by atoms with van der Waals surface area (Å²) in [5, 5.41) is 8.93. The first-order chi connectivity index (χ1) is 15.5. The molecule has 2 heterocycles. The minimum atomic E-state index is 0.157. The lowest BCUT2D eigenvalue weighted by Crippen LogP contribution is -2.49. The Morgan fingerprint density at radius 3 is 2.31 bits per heavy atom. The summed E-state index contributed by atoms with van der Waals surface area (Å²) < 4.78 is 5.47. The van der Waals surface area contributed by atoms with Crippen LogP contribution in [0.25, 0.3) is 11.3 Å². The molecule has 1 aromatic heterocycles. The van der Waals surface area contributed by atoms with Crippen LogP contribution in [0.2, 0.25) is 0 Å². The molecule has 1 amide bonds. The van der Waals surface area contributed by atoms with E-state index in [2.05, 4.69) is 47.1 Å². The highest BCUT2D eigenvalue weighted by Crippen LogP contribution is 2.23. The Labute approximate surface area is 189 Å². The van der Waals surface area contributed by atoms with Gasteiger partial charge in [-0.15, -0.1) is 10.2 Å². The molecule has 32 heavy (non-hydrogen) atoms. The van der Waals surface area contributed by atoms with Crippen LogP contribution in [0.4, 0.5) is 5.82 Å². The van der Waals surface area contributed by atoms with E-state index in [1.807, 2.05) is 48.2 Å². The standard InChI is InChI=1S/C26H30N4O2/c1-4-32-22-8-6-21(7-9-22)18-26(31)30-15-13-29(14-16-30)25-12-11-24(27-28-25)23-10-5-19(2)17-20(23)3/h5-12,17H,4,13-16,18H2,1-3H3. The average molecular weight is 431 g/mol. The number of amides is 1. The first-order valence-corrected chi connectivity index (χ1v) is 11.2. The van der Waals surface area contributed by atoms with Crippen molar-refractivity contribution in [1.29, 1.82) is 0 Å². The monoisotopic (exact) mass is 430 g/mol. The molecule has 6 nitrogen and oxygen atoms in total. The molecule has 1 aliphatic heterocycles. The Morgan fingerprint density at radius 2 is 1.69 bits per heavy atom. The highest BCUT2D eigenvalue weighted by Gasteiger charge is 2.22. The minimum absolute atomic E-state index is 0.157. The van der Waals surface area contributed by atoms with Gasteiger partial charge in [0.25, 0.3) is 0 Å². The van der Waals surface area contributed by atoms with Crippen molar-refractivity contribution in [3.8, 4) is 17.0 Å². The third-order valence-electron chi connectivity index (χ3n) is 5.85. The second-order valence-corrected chi connectivity index (χ2v) is 8.22. The first kappa shape index (κ1) is 21.8. The quantitative estimate of drug-likeness (QED) is 0.591. The third kappa shape index (κ3) is 5.07. The van der Waals surface area contributed by atoms with E-state index >= 15 is 0 Å². The normalized spacial score (nSPS) is 13.8. The van der Waals surface area contributed by atoms with Crippen molar-refractivity contribution >= 4 is 11.7 Å². The van der Waals surface area contributed by atoms with Crippen LogP contribution in [0.3, 0.4) is 0 Å². The van der Waals surface area contributed by atoms with Gasteiger partial charge in [0.1, 0.15) is 5.75 Å². The number of carbonyl (C=O) groups excluding carboxylic acids is 1. The van der Waals surface area contributed by atoms with Crippen LogP contribution in [0, 0.1) is 13.8 Å². The van der Waals surface area contributed by atoms with E-state index in [1.54, 1.807) is 0 Å². The molecule has 1 fully saturated rings. The summed E-state index contributed by atoms with van der Waals surface area (Å²) in [4.78, 5) is 16.9. The number of benzene rings is 2. The van der Waals surface area contributed by atoms with Crippen molar-refractivity contribution in [3.05, 3.63) is 71.3 Å². The van der Waals surface area contributed by atoms with E-state index < -0.39 is 0 Å². The summed E-state index contributed by atoms with van der Waals surface area (Å²) in [6.07, 6.45) is 0.414. The predicted molar refractivity (Wildman–Crippen MR) is 127 cm³/mol. The van der Waals surface area contributed by atoms with Gasteiger partial charge in [0.2, 0.25) is 5.91 Å². The maximum atomic E-state index is 12.7. The Morgan fingerprint density at radius 1 is 0.938 bits per heavy atom. The molecule has 2 aromatic carbocycles. The fourth-order valence-electron chi connectivity index (χ4n) is 4.08. The zero-order valence-electron chi connectivity index (χ0n) is 19.0. The number of ether oxygens (including phenoxy) is 1. The zero-order chi connectivity index (χ0) is 22.5. The molecule has 1 aliphatic rings. The number of nitrogens with zero attached hydrogens (tertiary/aromatic N) is 4. The molecular formula is C26H30N4O2. The summed E-state index contributed by atoms with van der Waals surface area (Å²) in [7, 11) is 0. The predicted octanol–water partition coefficient (Wildman–Crippen LogP) is 4.05. The lowest BCUT2D eigenvalue weighted by Gasteiger charge is -2.35. The fourth-order valence-corrected chi connectivity index (χ4v) is 4.08. The van der Waals surface area contributed by atoms with Gasteiger partial charge in [0.05, 0.1) is 18.7 Å². The van der Waals surface area contributed by atoms with Gasteiger partial charge in [-0.25, -0.2) is 0 Å². The summed E-state index contributed by atoms with van der Waals surface area (Å²) in [5.74, 6) is 1.85. The molecule has 0 N–H and O–H groups in total. The number of hydrogen-bond acceptors (Lipinski definition) is 5. The second-order valence-electron chi connectivity index (χ2n) is 8.22. The van der Waals surface area contributed by atoms with Crippen molar-refractivity contribution in [2.75, 3.05) is 37.7 Å². The smallest absolute Gasteiger partial charge is 0.227 e. The van der Waals surface area contributed by atoms with Gasteiger partial charge < -0.3 is 14.5 Å². The number of rotatable bonds is 6. The Kier molecular flexibility index (Phi) is 6.69. The van der Waals surface area contributed by atoms with Gasteiger partial charge >= 0.3 is 0 Å². The van der Waals surface area contributed by atoms with Crippen LogP contribution in [0.1, 0.15) is 23.6 Å². The molecule has 0 saturated carbocycles. The number of anilines is 1. The van der Waals surface area contributed by atoms with Crippen molar-refractivity contribution in [2.24, 2.45) is 0 Å². The summed E-state index contributed by atoms with van der Waals surface area (Å²) >= 11 is 0. The number of hydrogen-bond donors (Lipinski definition) is 0. The molecular weight excluding hydrogens is 400 g/mol. The molecule has 4 rings (SSSR count). The van der Waals surface area contributed by atoms with Crippen LogP contribution in [-0.4, -0.2) is 53.8 Å². The highest BCUT2D eigenvalue weighted by atomic mass is 16.5. The molecule has 0 spiro atoms. The molecule has 6 heteroatoms. The first-order valence-electron chi connectivity index (χ1n) is 11.2. The van der Waals surface area contributed by atoms with E-state index in [9.17, 15) is 4.79 Å². The summed E-state index contributed by atoms with van der Waals surface area (Å²) in [6.45, 7) is 9.69. The molecule has 0 bridgehead atoms. The van der Waals surface area contributed by atoms with Gasteiger partial charge in [-0.3, -0.25) is 4.79 Å². The van der Waals surface area contributed by atoms with Gasteiger partial charge in [-0.2, -0.15) is 0 Å². The minimum Gasteiger partial charge on any atom is -0.494 e. The lowest BCUT2D eigenvalue weighted by atomic mass is 10.0. The number of aromatic nitrogens is 2. The molecule has 0 aliphatic carbocycles. The Balaban J connectivity index is 1.32. The van der Waals surface area contributed by atoms with Crippen molar-refractivity contribution in [3.63, 3.8) is 0 Å². The van der Waals surface area contributed by atoms with Crippen LogP contribution < -0.4 is 9.64 Å². The van der Waals surface area contributed by atoms with Crippen LogP contribution >= 0.6 is 0 Å². The Hall–Kier alpha value is -3.41. The van der Waals surface area contributed by atoms with Gasteiger partial charge in [-0.05, 0) is 56.2 Å². The number of carbonyl (C=O) groups is 1. The molecule has 0 radical (unpaired) electrons. The van der Waals surface area contributed by atoms with Gasteiger partial charge in [0.15, 0.2) is 5.82 Å². The maximum absolute atomic E-state index is 12.7. The Bertz CT molecular complexity index is 1060. The molecule has 1 saturated heterocycles. The third-order valence-corrected chi connectivity index (χ3v) is 5.85. The van der Waals surface area contributed by atoms with Crippen molar-refractivity contribution in [1.82, 2.24) is 15.1 Å². The summed E-state index contributed by atoms with van der Waals surface area (Å²) in [6, 6.07) is 18.2. The molecule has 0 unspecified atom stereocenters. The SMILES string of the molecule is CCOc1ccc(CC(=O)N2CCN(c3ccc(-c4ccc(C)cc4C)nn3)CC2)cc1. The number of aryl methyl sites for hydroxylation is 2. The zero-order valence-corrected chi connectivity index (χ0v) is 19.0. The summed E-state index contributed by atoms with van der Waals surface area (Å²) in [5.41, 5.74) is 5.45. The topological polar surface area (TPSA) is 58.6 Å². The highest BCUT2D eigenvalue weighted by molar-refractivity contribution is 5.79. The largest absolute Gasteiger partial charge is 0.494 e. The van der Waals surface area contributed by atoms with Gasteiger partial charge in [-0.1, -0.05) is 35.9 Å². The lowest BCUT2D eigenvalue weighted by molar-refractivity contribution is -0.130. The average Bonchev–Trinajstić information content (AvgIpc) is 2.81. The molecule has 166 valence electrons. The van der Waals surface area contributed by atoms with E-state index in [0.717, 1.165) is 41.5 Å². The van der Waals surface area contributed by atoms with E-state index in [0.29, 0.717) is 26.1 Å². The fraction of sp³-hybridized carbons (Fsp3) is 0.346. The molecule has 0 atom stereocenters. The molecule has 3 aromatic rings. The van der Waals surface area contributed by atoms with Crippen LogP contribution in [0.15, 0.2) is 54.6 Å². The van der Waals surface area contributed by atoms with Crippen molar-refractivity contribution in [2.45, 2.75) is 27.2 Å². The van der Waals surface area contributed by atoms with Crippen molar-refractivity contribution < 1.29 is 9.53 Å². The van der Waals surface area contributed by atoms with E-state index in [1.165, 1.54) is 11.1 Å². The van der Waals surface area contributed by atoms with E-state index in [-0.39, 0.29) is 5.91 Å². The van der Waals surface area contributed by atoms with Gasteiger partial charge in [0, 0.05) is 31.7 Å². The second kappa shape index (κ2) is 9.81.